The standard InChI is InChI=1S/C11H23N3O5S/c1-8(5-6-9(15)16)13-10(17)12-7-11(2,3)14-20(4,18)19/h8,14H,5-7H2,1-4H3,(H,15,16)(H2,12,13,17). The zero-order valence-electron chi connectivity index (χ0n) is 12.2. The lowest BCUT2D eigenvalue weighted by molar-refractivity contribution is -0.137. The number of nitrogens with one attached hydrogen (secondary N) is 3. The van der Waals surface area contributed by atoms with Gasteiger partial charge in [-0.15, -0.1) is 0 Å². The van der Waals surface area contributed by atoms with Crippen LogP contribution in [0.25, 0.3) is 0 Å². The van der Waals surface area contributed by atoms with Gasteiger partial charge in [0.1, 0.15) is 0 Å². The third-order valence-corrected chi connectivity index (χ3v) is 3.24. The molecule has 0 rings (SSSR count). The van der Waals surface area contributed by atoms with Crippen LogP contribution in [0.3, 0.4) is 0 Å². The van der Waals surface area contributed by atoms with Crippen molar-refractivity contribution in [3.63, 3.8) is 0 Å². The molecular formula is C11H23N3O5S. The first-order valence-corrected chi connectivity index (χ1v) is 8.05. The largest absolute Gasteiger partial charge is 0.481 e. The van der Waals surface area contributed by atoms with E-state index in [4.69, 9.17) is 5.11 Å². The summed E-state index contributed by atoms with van der Waals surface area (Å²) in [6.45, 7) is 5.09. The van der Waals surface area contributed by atoms with E-state index in [9.17, 15) is 18.0 Å². The van der Waals surface area contributed by atoms with Gasteiger partial charge in [0.15, 0.2) is 0 Å². The Labute approximate surface area is 119 Å². The van der Waals surface area contributed by atoms with Crippen molar-refractivity contribution in [2.24, 2.45) is 0 Å². The molecule has 0 aromatic carbocycles. The second-order valence-electron chi connectivity index (χ2n) is 5.42. The number of carbonyl (C=O) groups excluding carboxylic acids is 1. The van der Waals surface area contributed by atoms with Gasteiger partial charge >= 0.3 is 12.0 Å². The van der Waals surface area contributed by atoms with E-state index < -0.39 is 27.6 Å². The lowest BCUT2D eigenvalue weighted by Crippen LogP contribution is -2.53. The van der Waals surface area contributed by atoms with Crippen LogP contribution in [0, 0.1) is 0 Å². The summed E-state index contributed by atoms with van der Waals surface area (Å²) in [4.78, 5) is 21.9. The van der Waals surface area contributed by atoms with Crippen molar-refractivity contribution in [2.45, 2.75) is 45.2 Å². The van der Waals surface area contributed by atoms with E-state index in [2.05, 4.69) is 15.4 Å². The molecule has 0 aliphatic carbocycles. The van der Waals surface area contributed by atoms with E-state index in [0.29, 0.717) is 6.42 Å². The highest BCUT2D eigenvalue weighted by Gasteiger charge is 2.23. The zero-order valence-corrected chi connectivity index (χ0v) is 13.0. The van der Waals surface area contributed by atoms with E-state index in [1.54, 1.807) is 20.8 Å². The SMILES string of the molecule is CC(CCC(=O)O)NC(=O)NCC(C)(C)NS(C)(=O)=O. The van der Waals surface area contributed by atoms with Crippen LogP contribution in [0.15, 0.2) is 0 Å². The fourth-order valence-electron chi connectivity index (χ4n) is 1.53. The van der Waals surface area contributed by atoms with Gasteiger partial charge in [-0.05, 0) is 27.2 Å². The van der Waals surface area contributed by atoms with Crippen molar-refractivity contribution in [3.8, 4) is 0 Å². The molecule has 1 unspecified atom stereocenters. The zero-order chi connectivity index (χ0) is 16.0. The number of carboxylic acids is 1. The smallest absolute Gasteiger partial charge is 0.315 e. The lowest BCUT2D eigenvalue weighted by atomic mass is 10.1. The second kappa shape index (κ2) is 7.44. The van der Waals surface area contributed by atoms with Crippen LogP contribution in [-0.4, -0.2) is 49.9 Å². The molecule has 0 aromatic heterocycles. The molecule has 0 aliphatic rings. The summed E-state index contributed by atoms with van der Waals surface area (Å²) in [5, 5.41) is 13.6. The van der Waals surface area contributed by atoms with Gasteiger partial charge in [-0.1, -0.05) is 0 Å². The summed E-state index contributed by atoms with van der Waals surface area (Å²) in [5.41, 5.74) is -0.810. The van der Waals surface area contributed by atoms with E-state index in [0.717, 1.165) is 6.26 Å². The Morgan fingerprint density at radius 3 is 2.30 bits per heavy atom. The normalized spacial score (nSPS) is 13.6. The van der Waals surface area contributed by atoms with Crippen molar-refractivity contribution in [2.75, 3.05) is 12.8 Å². The van der Waals surface area contributed by atoms with Gasteiger partial charge in [0, 0.05) is 24.5 Å². The first kappa shape index (κ1) is 18.7. The maximum Gasteiger partial charge on any atom is 0.315 e. The minimum absolute atomic E-state index is 0.0252. The lowest BCUT2D eigenvalue weighted by Gasteiger charge is -2.25. The number of rotatable bonds is 8. The quantitative estimate of drug-likeness (QED) is 0.497. The van der Waals surface area contributed by atoms with Crippen LogP contribution in [0.4, 0.5) is 4.79 Å². The van der Waals surface area contributed by atoms with E-state index in [1.165, 1.54) is 0 Å². The molecule has 4 N–H and O–H groups in total. The summed E-state index contributed by atoms with van der Waals surface area (Å²) in [5.74, 6) is -0.919. The minimum atomic E-state index is -3.36. The molecule has 0 saturated carbocycles. The molecule has 118 valence electrons. The van der Waals surface area contributed by atoms with Gasteiger partial charge in [0.25, 0.3) is 0 Å². The first-order valence-electron chi connectivity index (χ1n) is 6.16. The van der Waals surface area contributed by atoms with Crippen LogP contribution in [-0.2, 0) is 14.8 Å². The van der Waals surface area contributed by atoms with Crippen LogP contribution in [0.2, 0.25) is 0 Å². The molecule has 1 atom stereocenters. The van der Waals surface area contributed by atoms with E-state index in [-0.39, 0.29) is 19.0 Å². The molecule has 8 nitrogen and oxygen atoms in total. The first-order chi connectivity index (χ1) is 8.91. The minimum Gasteiger partial charge on any atom is -0.481 e. The number of carbonyl (C=O) groups is 2. The highest BCUT2D eigenvalue weighted by Crippen LogP contribution is 2.02. The molecule has 0 aliphatic heterocycles. The molecule has 0 aromatic rings. The summed E-state index contributed by atoms with van der Waals surface area (Å²) < 4.78 is 24.6. The number of aliphatic carboxylic acids is 1. The van der Waals surface area contributed by atoms with Crippen molar-refractivity contribution >= 4 is 22.0 Å². The van der Waals surface area contributed by atoms with Crippen LogP contribution >= 0.6 is 0 Å². The Morgan fingerprint density at radius 2 is 1.85 bits per heavy atom. The van der Waals surface area contributed by atoms with Gasteiger partial charge < -0.3 is 15.7 Å². The Kier molecular flexibility index (Phi) is 6.94. The van der Waals surface area contributed by atoms with Crippen LogP contribution in [0.1, 0.15) is 33.6 Å². The predicted octanol–water partition coefficient (Wildman–Crippen LogP) is -0.133. The average Bonchev–Trinajstić information content (AvgIpc) is 2.20. The second-order valence-corrected chi connectivity index (χ2v) is 7.17. The molecule has 0 radical (unpaired) electrons. The summed E-state index contributed by atoms with van der Waals surface area (Å²) in [6, 6.07) is -0.747. The maximum absolute atomic E-state index is 11.6. The third-order valence-electron chi connectivity index (χ3n) is 2.32. The molecule has 0 bridgehead atoms. The number of amides is 2. The molecule has 0 heterocycles. The predicted molar refractivity (Wildman–Crippen MR) is 74.9 cm³/mol. The number of sulfonamides is 1. The Balaban J connectivity index is 4.12. The van der Waals surface area contributed by atoms with Gasteiger partial charge in [-0.3, -0.25) is 4.79 Å². The van der Waals surface area contributed by atoms with E-state index in [1.807, 2.05) is 0 Å². The highest BCUT2D eigenvalue weighted by molar-refractivity contribution is 7.88. The molecule has 0 saturated heterocycles. The number of hydrogen-bond acceptors (Lipinski definition) is 4. The Bertz CT molecular complexity index is 447. The molecule has 0 spiro atoms. The summed E-state index contributed by atoms with van der Waals surface area (Å²) in [6.07, 6.45) is 1.35. The maximum atomic E-state index is 11.6. The van der Waals surface area contributed by atoms with Gasteiger partial charge in [0.2, 0.25) is 10.0 Å². The van der Waals surface area contributed by atoms with Gasteiger partial charge in [-0.2, -0.15) is 0 Å². The van der Waals surface area contributed by atoms with Crippen molar-refractivity contribution < 1.29 is 23.1 Å². The van der Waals surface area contributed by atoms with Gasteiger partial charge in [-0.25, -0.2) is 17.9 Å². The highest BCUT2D eigenvalue weighted by atomic mass is 32.2. The number of hydrogen-bond donors (Lipinski definition) is 4. The number of urea groups is 1. The Hall–Kier alpha value is -1.35. The average molecular weight is 309 g/mol. The summed E-state index contributed by atoms with van der Waals surface area (Å²) >= 11 is 0. The van der Waals surface area contributed by atoms with Crippen LogP contribution in [0.5, 0.6) is 0 Å². The fraction of sp³-hybridized carbons (Fsp3) is 0.818. The molecule has 2 amide bonds. The Morgan fingerprint density at radius 1 is 1.30 bits per heavy atom. The van der Waals surface area contributed by atoms with Crippen molar-refractivity contribution in [1.82, 2.24) is 15.4 Å². The van der Waals surface area contributed by atoms with Crippen molar-refractivity contribution in [1.29, 1.82) is 0 Å². The van der Waals surface area contributed by atoms with Crippen molar-refractivity contribution in [3.05, 3.63) is 0 Å². The van der Waals surface area contributed by atoms with Crippen LogP contribution < -0.4 is 15.4 Å². The number of carboxylic acid groups (broad SMARTS) is 1. The molecule has 9 heteroatoms. The fourth-order valence-corrected chi connectivity index (χ4v) is 2.60. The molecular weight excluding hydrogens is 286 g/mol. The van der Waals surface area contributed by atoms with E-state index >= 15 is 0 Å². The third kappa shape index (κ3) is 10.6. The topological polar surface area (TPSA) is 125 Å². The summed E-state index contributed by atoms with van der Waals surface area (Å²) in [7, 11) is -3.36. The van der Waals surface area contributed by atoms with Gasteiger partial charge in [0.05, 0.1) is 6.26 Å². The molecule has 0 fully saturated rings. The monoisotopic (exact) mass is 309 g/mol. The molecule has 20 heavy (non-hydrogen) atoms.